The summed E-state index contributed by atoms with van der Waals surface area (Å²) >= 11 is 1.82. The van der Waals surface area contributed by atoms with Gasteiger partial charge < -0.3 is 0 Å². The molecule has 11 heavy (non-hydrogen) atoms. The van der Waals surface area contributed by atoms with Crippen LogP contribution in [0.4, 0.5) is 0 Å². The van der Waals surface area contributed by atoms with Crippen molar-refractivity contribution in [2.75, 3.05) is 11.5 Å². The van der Waals surface area contributed by atoms with Gasteiger partial charge in [0.15, 0.2) is 0 Å². The third-order valence-corrected chi connectivity index (χ3v) is 1.41. The Morgan fingerprint density at radius 1 is 1.09 bits per heavy atom. The minimum absolute atomic E-state index is 0. The number of hydrogen-bond acceptors (Lipinski definition) is 1. The molecule has 0 bridgehead atoms. The van der Waals surface area contributed by atoms with Crippen molar-refractivity contribution in [1.29, 1.82) is 0 Å². The van der Waals surface area contributed by atoms with Crippen LogP contribution in [0.3, 0.4) is 0 Å². The fraction of sp³-hybridized carbons (Fsp3) is 0.222. The van der Waals surface area contributed by atoms with E-state index in [0.29, 0.717) is 0 Å². The molecule has 0 aromatic rings. The SMILES string of the molecule is C=CCSCC=C.C=C[CH2-].[Cd]. The van der Waals surface area contributed by atoms with Gasteiger partial charge in [-0.25, -0.2) is 19.6 Å². The molecule has 0 saturated carbocycles. The van der Waals surface area contributed by atoms with Crippen LogP contribution in [0.25, 0.3) is 0 Å². The molecule has 0 aliphatic rings. The van der Waals surface area contributed by atoms with Crippen LogP contribution in [0.5, 0.6) is 0 Å². The van der Waals surface area contributed by atoms with E-state index in [1.54, 1.807) is 0 Å². The number of rotatable bonds is 4. The van der Waals surface area contributed by atoms with Crippen LogP contribution < -0.4 is 0 Å². The Labute approximate surface area is 95.0 Å². The van der Waals surface area contributed by atoms with E-state index in [2.05, 4.69) is 26.7 Å². The Kier molecular flexibility index (Phi) is 35.6. The van der Waals surface area contributed by atoms with Gasteiger partial charge in [-0.2, -0.15) is 11.8 Å². The fourth-order valence-electron chi connectivity index (χ4n) is 0.235. The van der Waals surface area contributed by atoms with E-state index in [0.717, 1.165) is 11.5 Å². The fourth-order valence-corrected chi connectivity index (χ4v) is 0.704. The summed E-state index contributed by atoms with van der Waals surface area (Å²) in [5, 5.41) is 0. The summed E-state index contributed by atoms with van der Waals surface area (Å²) in [5.74, 6) is 2.07. The van der Waals surface area contributed by atoms with Crippen molar-refractivity contribution in [2.45, 2.75) is 0 Å². The van der Waals surface area contributed by atoms with E-state index in [1.165, 1.54) is 6.08 Å². The first-order valence-corrected chi connectivity index (χ1v) is 4.18. The second kappa shape index (κ2) is 22.4. The first kappa shape index (κ1) is 17.4. The van der Waals surface area contributed by atoms with Crippen LogP contribution in [0.1, 0.15) is 0 Å². The van der Waals surface area contributed by atoms with Crippen LogP contribution in [0.2, 0.25) is 0 Å². The molecular formula is C9H15CdS-. The Hall–Kier alpha value is 0.362. The summed E-state index contributed by atoms with van der Waals surface area (Å²) in [6, 6.07) is 0. The summed E-state index contributed by atoms with van der Waals surface area (Å²) in [5.41, 5.74) is 0. The van der Waals surface area contributed by atoms with Crippen molar-refractivity contribution in [3.8, 4) is 0 Å². The van der Waals surface area contributed by atoms with Crippen molar-refractivity contribution in [3.63, 3.8) is 0 Å². The summed E-state index contributed by atoms with van der Waals surface area (Å²) < 4.78 is 0. The standard InChI is InChI=1S/C6H10S.C3H5.Cd/c1-3-5-7-6-4-2;1-3-2;/h3-4H,1-2,5-6H2;3H,1-2H2;/q;-1;. The normalized spacial score (nSPS) is 6.18. The predicted molar refractivity (Wildman–Crippen MR) is 53.3 cm³/mol. The average molecular weight is 268 g/mol. The van der Waals surface area contributed by atoms with Gasteiger partial charge in [-0.1, -0.05) is 12.2 Å². The van der Waals surface area contributed by atoms with Crippen molar-refractivity contribution in [1.82, 2.24) is 0 Å². The van der Waals surface area contributed by atoms with E-state index in [4.69, 9.17) is 0 Å². The molecule has 0 heterocycles. The minimum Gasteiger partial charge on any atom is -0.245 e. The van der Waals surface area contributed by atoms with Gasteiger partial charge >= 0.3 is 0 Å². The van der Waals surface area contributed by atoms with Gasteiger partial charge in [-0.15, -0.1) is 13.2 Å². The van der Waals surface area contributed by atoms with Gasteiger partial charge in [0, 0.05) is 38.8 Å². The van der Waals surface area contributed by atoms with Crippen LogP contribution in [0, 0.1) is 6.92 Å². The third-order valence-electron chi connectivity index (χ3n) is 0.471. The van der Waals surface area contributed by atoms with E-state index in [1.807, 2.05) is 23.9 Å². The smallest absolute Gasteiger partial charge is 0.0113 e. The molecule has 0 aromatic carbocycles. The molecule has 0 spiro atoms. The molecular weight excluding hydrogens is 253 g/mol. The molecule has 2 heteroatoms. The third kappa shape index (κ3) is 38.1. The summed E-state index contributed by atoms with van der Waals surface area (Å²) in [6.45, 7) is 13.7. The number of hydrogen-bond donors (Lipinski definition) is 0. The van der Waals surface area contributed by atoms with E-state index >= 15 is 0 Å². The largest absolute Gasteiger partial charge is 0.245 e. The van der Waals surface area contributed by atoms with E-state index in [9.17, 15) is 0 Å². The molecule has 0 aliphatic carbocycles. The zero-order chi connectivity index (χ0) is 8.24. The Morgan fingerprint density at radius 3 is 1.55 bits per heavy atom. The molecule has 0 rings (SSSR count). The monoisotopic (exact) mass is 269 g/mol. The van der Waals surface area contributed by atoms with Crippen molar-refractivity contribution in [3.05, 3.63) is 44.9 Å². The first-order chi connectivity index (χ1) is 4.83. The Balaban J connectivity index is -0.000000140. The molecule has 0 aromatic heterocycles. The molecule has 0 saturated heterocycles. The molecule has 0 unspecified atom stereocenters. The van der Waals surface area contributed by atoms with Gasteiger partial charge in [-0.05, 0) is 0 Å². The van der Waals surface area contributed by atoms with Gasteiger partial charge in [0.25, 0.3) is 0 Å². The van der Waals surface area contributed by atoms with Crippen LogP contribution in [0.15, 0.2) is 38.0 Å². The van der Waals surface area contributed by atoms with Crippen molar-refractivity contribution < 1.29 is 27.3 Å². The zero-order valence-corrected chi connectivity index (χ0v) is 11.9. The van der Waals surface area contributed by atoms with Gasteiger partial charge in [0.05, 0.1) is 0 Å². The second-order valence-electron chi connectivity index (χ2n) is 1.40. The second-order valence-corrected chi connectivity index (χ2v) is 2.48. The van der Waals surface area contributed by atoms with E-state index in [-0.39, 0.29) is 27.3 Å². The molecule has 0 amide bonds. The average Bonchev–Trinajstić information content (AvgIpc) is 1.91. The van der Waals surface area contributed by atoms with Gasteiger partial charge in [-0.3, -0.25) is 0 Å². The minimum atomic E-state index is 0. The molecule has 0 N–H and O–H groups in total. The van der Waals surface area contributed by atoms with Crippen LogP contribution in [-0.4, -0.2) is 11.5 Å². The number of allylic oxidation sites excluding steroid dienone is 1. The van der Waals surface area contributed by atoms with E-state index < -0.39 is 0 Å². The molecule has 0 aliphatic heterocycles. The van der Waals surface area contributed by atoms with Gasteiger partial charge in [0.1, 0.15) is 0 Å². The number of thioether (sulfide) groups is 1. The predicted octanol–water partition coefficient (Wildman–Crippen LogP) is 3.10. The summed E-state index contributed by atoms with van der Waals surface area (Å²) in [6.07, 6.45) is 5.29. The Morgan fingerprint density at radius 2 is 1.36 bits per heavy atom. The molecule has 0 fully saturated rings. The molecule has 0 nitrogen and oxygen atoms in total. The molecule has 60 valence electrons. The van der Waals surface area contributed by atoms with Crippen molar-refractivity contribution in [2.24, 2.45) is 0 Å². The van der Waals surface area contributed by atoms with Gasteiger partial charge in [0.2, 0.25) is 0 Å². The Bertz CT molecular complexity index is 81.6. The summed E-state index contributed by atoms with van der Waals surface area (Å²) in [7, 11) is 0. The van der Waals surface area contributed by atoms with Crippen molar-refractivity contribution >= 4 is 11.8 Å². The zero-order valence-electron chi connectivity index (χ0n) is 7.09. The van der Waals surface area contributed by atoms with Crippen LogP contribution >= 0.6 is 11.8 Å². The maximum Gasteiger partial charge on any atom is 0.0113 e. The quantitative estimate of drug-likeness (QED) is 0.326. The molecule has 0 radical (unpaired) electrons. The summed E-state index contributed by atoms with van der Waals surface area (Å²) in [4.78, 5) is 0. The maximum absolute atomic E-state index is 3.58. The van der Waals surface area contributed by atoms with Crippen LogP contribution in [-0.2, 0) is 27.3 Å². The molecule has 0 atom stereocenters. The first-order valence-electron chi connectivity index (χ1n) is 3.03. The topological polar surface area (TPSA) is 0 Å². The maximum atomic E-state index is 3.58.